The van der Waals surface area contributed by atoms with E-state index in [1.54, 1.807) is 0 Å². The molecule has 0 spiro atoms. The van der Waals surface area contributed by atoms with Crippen LogP contribution in [0.4, 0.5) is 13.2 Å². The second-order valence-electron chi connectivity index (χ2n) is 9.48. The maximum Gasteiger partial charge on any atom is 0.573 e. The predicted octanol–water partition coefficient (Wildman–Crippen LogP) is 3.99. The van der Waals surface area contributed by atoms with Gasteiger partial charge in [-0.3, -0.25) is 4.55 Å². The molecule has 1 saturated carbocycles. The van der Waals surface area contributed by atoms with Crippen LogP contribution in [-0.2, 0) is 19.6 Å². The number of halogens is 3. The highest BCUT2D eigenvalue weighted by molar-refractivity contribution is 7.85. The number of benzene rings is 1. The average molecular weight is 509 g/mol. The van der Waals surface area contributed by atoms with Crippen molar-refractivity contribution in [1.29, 1.82) is 0 Å². The van der Waals surface area contributed by atoms with Crippen LogP contribution in [0.15, 0.2) is 18.2 Å². The van der Waals surface area contributed by atoms with Gasteiger partial charge < -0.3 is 18.9 Å². The normalized spacial score (nSPS) is 30.4. The van der Waals surface area contributed by atoms with E-state index in [0.717, 1.165) is 31.0 Å². The van der Waals surface area contributed by atoms with E-state index < -0.39 is 46.2 Å². The zero-order chi connectivity index (χ0) is 24.9. The largest absolute Gasteiger partial charge is 0.573 e. The predicted molar refractivity (Wildman–Crippen MR) is 112 cm³/mol. The molecule has 4 rings (SSSR count). The summed E-state index contributed by atoms with van der Waals surface area (Å²) in [5.41, 5.74) is -0.905. The number of rotatable bonds is 8. The zero-order valence-corrected chi connectivity index (χ0v) is 19.5. The molecule has 0 aromatic heterocycles. The maximum atomic E-state index is 13.1. The number of fused-ring (bicyclic) bond motifs is 5. The Morgan fingerprint density at radius 3 is 2.32 bits per heavy atom. The molecule has 2 bridgehead atoms. The fraction of sp³-hybridized carbons (Fsp3) is 0.682. The molecule has 34 heavy (non-hydrogen) atoms. The SMILES string of the molecule is CC(C)C1(Oc2cc(C(=O)OCCS(=O)(=O)O)ccc2OC(F)(F)F)CC2C3CCC(O3)C2C1. The van der Waals surface area contributed by atoms with E-state index in [1.165, 1.54) is 0 Å². The van der Waals surface area contributed by atoms with Crippen molar-refractivity contribution in [2.75, 3.05) is 12.4 Å². The Labute approximate surface area is 195 Å². The van der Waals surface area contributed by atoms with Gasteiger partial charge in [0, 0.05) is 0 Å². The van der Waals surface area contributed by atoms with Crippen molar-refractivity contribution < 1.29 is 49.9 Å². The summed E-state index contributed by atoms with van der Waals surface area (Å²) in [7, 11) is -4.34. The quantitative estimate of drug-likeness (QED) is 0.415. The van der Waals surface area contributed by atoms with Gasteiger partial charge in [0.1, 0.15) is 18.0 Å². The molecule has 4 atom stereocenters. The van der Waals surface area contributed by atoms with Crippen molar-refractivity contribution in [3.8, 4) is 11.5 Å². The van der Waals surface area contributed by atoms with Crippen LogP contribution in [0.3, 0.4) is 0 Å². The number of esters is 1. The fourth-order valence-corrected chi connectivity index (χ4v) is 5.75. The van der Waals surface area contributed by atoms with Crippen molar-refractivity contribution in [3.63, 3.8) is 0 Å². The van der Waals surface area contributed by atoms with E-state index in [9.17, 15) is 26.4 Å². The van der Waals surface area contributed by atoms with Crippen LogP contribution in [-0.4, -0.2) is 55.5 Å². The number of carbonyl (C=O) groups is 1. The second kappa shape index (κ2) is 8.87. The van der Waals surface area contributed by atoms with Gasteiger partial charge in [-0.15, -0.1) is 13.2 Å². The second-order valence-corrected chi connectivity index (χ2v) is 11.1. The number of carbonyl (C=O) groups excluding carboxylic acids is 1. The minimum absolute atomic E-state index is 0.0402. The molecule has 2 aliphatic heterocycles. The third-order valence-electron chi connectivity index (χ3n) is 7.10. The summed E-state index contributed by atoms with van der Waals surface area (Å²) in [4.78, 5) is 12.4. The van der Waals surface area contributed by atoms with Crippen LogP contribution < -0.4 is 9.47 Å². The van der Waals surface area contributed by atoms with E-state index in [-0.39, 0.29) is 41.3 Å². The molecule has 1 aromatic rings. The highest BCUT2D eigenvalue weighted by atomic mass is 32.2. The lowest BCUT2D eigenvalue weighted by Gasteiger charge is -2.36. The van der Waals surface area contributed by atoms with Gasteiger partial charge in [-0.25, -0.2) is 4.79 Å². The first-order valence-electron chi connectivity index (χ1n) is 11.1. The van der Waals surface area contributed by atoms with Crippen LogP contribution in [0, 0.1) is 17.8 Å². The lowest BCUT2D eigenvalue weighted by Crippen LogP contribution is -2.40. The lowest BCUT2D eigenvalue weighted by atomic mass is 9.82. The first-order valence-corrected chi connectivity index (χ1v) is 12.7. The Kier molecular flexibility index (Phi) is 6.54. The lowest BCUT2D eigenvalue weighted by molar-refractivity contribution is -0.275. The highest BCUT2D eigenvalue weighted by Crippen LogP contribution is 2.58. The molecule has 0 amide bonds. The third-order valence-corrected chi connectivity index (χ3v) is 7.78. The van der Waals surface area contributed by atoms with Crippen LogP contribution in [0.2, 0.25) is 0 Å². The van der Waals surface area contributed by atoms with E-state index in [0.29, 0.717) is 12.8 Å². The maximum absolute atomic E-state index is 13.1. The van der Waals surface area contributed by atoms with Gasteiger partial charge >= 0.3 is 12.3 Å². The van der Waals surface area contributed by atoms with Crippen LogP contribution in [0.1, 0.15) is 49.9 Å². The summed E-state index contributed by atoms with van der Waals surface area (Å²) < 4.78 is 90.9. The summed E-state index contributed by atoms with van der Waals surface area (Å²) in [6.45, 7) is 3.28. The molecule has 2 heterocycles. The molecular formula is C22H27F3O8S. The molecular weight excluding hydrogens is 481 g/mol. The van der Waals surface area contributed by atoms with Crippen molar-refractivity contribution in [1.82, 2.24) is 0 Å². The summed E-state index contributed by atoms with van der Waals surface area (Å²) >= 11 is 0. The first kappa shape index (κ1) is 25.1. The van der Waals surface area contributed by atoms with Gasteiger partial charge in [0.05, 0.1) is 17.8 Å². The Morgan fingerprint density at radius 2 is 1.79 bits per heavy atom. The van der Waals surface area contributed by atoms with Gasteiger partial charge in [-0.1, -0.05) is 13.8 Å². The fourth-order valence-electron chi connectivity index (χ4n) is 5.46. The van der Waals surface area contributed by atoms with Crippen molar-refractivity contribution in [3.05, 3.63) is 23.8 Å². The minimum Gasteiger partial charge on any atom is -0.483 e. The highest BCUT2D eigenvalue weighted by Gasteiger charge is 2.60. The van der Waals surface area contributed by atoms with Gasteiger partial charge in [0.15, 0.2) is 11.5 Å². The monoisotopic (exact) mass is 508 g/mol. The molecule has 3 fully saturated rings. The zero-order valence-electron chi connectivity index (χ0n) is 18.7. The van der Waals surface area contributed by atoms with Crippen LogP contribution in [0.5, 0.6) is 11.5 Å². The molecule has 0 radical (unpaired) electrons. The van der Waals surface area contributed by atoms with E-state index in [1.807, 2.05) is 13.8 Å². The molecule has 12 heteroatoms. The van der Waals surface area contributed by atoms with Gasteiger partial charge in [0.25, 0.3) is 10.1 Å². The minimum atomic E-state index is -4.97. The van der Waals surface area contributed by atoms with Gasteiger partial charge in [-0.05, 0) is 61.6 Å². The van der Waals surface area contributed by atoms with Crippen molar-refractivity contribution >= 4 is 16.1 Å². The molecule has 4 unspecified atom stereocenters. The van der Waals surface area contributed by atoms with E-state index in [2.05, 4.69) is 4.74 Å². The Morgan fingerprint density at radius 1 is 1.18 bits per heavy atom. The topological polar surface area (TPSA) is 108 Å². The molecule has 3 aliphatic rings. The number of ether oxygens (including phenoxy) is 4. The third kappa shape index (κ3) is 5.28. The summed E-state index contributed by atoms with van der Waals surface area (Å²) in [5.74, 6) is -2.12. The Bertz CT molecular complexity index is 1020. The number of alkyl halides is 3. The smallest absolute Gasteiger partial charge is 0.483 e. The standard InChI is InChI=1S/C22H27F3O8S/c1-12(2)21(10-14-15(11-21)17-6-5-16(14)31-17)32-19-9-13(3-4-18(19)33-22(23,24)25)20(26)30-7-8-34(27,28)29/h3-4,9,12,14-17H,5-8,10-11H2,1-2H3,(H,27,28,29). The molecule has 1 N–H and O–H groups in total. The number of hydrogen-bond acceptors (Lipinski definition) is 7. The Balaban J connectivity index is 1.60. The molecule has 1 aromatic carbocycles. The van der Waals surface area contributed by atoms with E-state index in [4.69, 9.17) is 18.8 Å². The number of hydrogen-bond donors (Lipinski definition) is 1. The van der Waals surface area contributed by atoms with Gasteiger partial charge in [-0.2, -0.15) is 8.42 Å². The van der Waals surface area contributed by atoms with Crippen molar-refractivity contribution in [2.45, 2.75) is 63.7 Å². The van der Waals surface area contributed by atoms with Crippen LogP contribution in [0.25, 0.3) is 0 Å². The first-order chi connectivity index (χ1) is 15.8. The summed E-state index contributed by atoms with van der Waals surface area (Å²) in [6.07, 6.45) is -1.54. The van der Waals surface area contributed by atoms with E-state index >= 15 is 0 Å². The molecule has 8 nitrogen and oxygen atoms in total. The summed E-state index contributed by atoms with van der Waals surface area (Å²) in [6, 6.07) is 3.15. The molecule has 1 aliphatic carbocycles. The average Bonchev–Trinajstić information content (AvgIpc) is 3.39. The summed E-state index contributed by atoms with van der Waals surface area (Å²) in [5, 5.41) is 0. The van der Waals surface area contributed by atoms with Crippen molar-refractivity contribution in [2.24, 2.45) is 17.8 Å². The van der Waals surface area contributed by atoms with Gasteiger partial charge in [0.2, 0.25) is 0 Å². The van der Waals surface area contributed by atoms with Crippen LogP contribution >= 0.6 is 0 Å². The molecule has 2 saturated heterocycles. The Hall–Kier alpha value is -2.05. The molecule has 190 valence electrons.